The van der Waals surface area contributed by atoms with E-state index in [9.17, 15) is 18.0 Å². The molecule has 1 heterocycles. The minimum Gasteiger partial charge on any atom is -0.367 e. The Balaban J connectivity index is 2.42. The SMILES string of the molecule is CC1(C(=O)c2ccccc2C(F)(F)F)CCCO1. The topological polar surface area (TPSA) is 26.3 Å². The van der Waals surface area contributed by atoms with Crippen LogP contribution in [-0.4, -0.2) is 18.0 Å². The average molecular weight is 258 g/mol. The van der Waals surface area contributed by atoms with Crippen molar-refractivity contribution < 1.29 is 22.7 Å². The van der Waals surface area contributed by atoms with Crippen LogP contribution < -0.4 is 0 Å². The minimum absolute atomic E-state index is 0.311. The lowest BCUT2D eigenvalue weighted by Crippen LogP contribution is -2.35. The molecule has 0 spiro atoms. The lowest BCUT2D eigenvalue weighted by molar-refractivity contribution is -0.138. The van der Waals surface area contributed by atoms with Crippen molar-refractivity contribution in [2.75, 3.05) is 6.61 Å². The van der Waals surface area contributed by atoms with Crippen LogP contribution in [0.3, 0.4) is 0 Å². The summed E-state index contributed by atoms with van der Waals surface area (Å²) in [4.78, 5) is 12.2. The highest BCUT2D eigenvalue weighted by atomic mass is 19.4. The standard InChI is InChI=1S/C13H13F3O2/c1-12(7-4-8-18-12)11(17)9-5-2-3-6-10(9)13(14,15)16/h2-3,5-6H,4,7-8H2,1H3. The largest absolute Gasteiger partial charge is 0.417 e. The number of ether oxygens (including phenoxy) is 1. The van der Waals surface area contributed by atoms with Gasteiger partial charge in [-0.1, -0.05) is 18.2 Å². The molecule has 1 unspecified atom stereocenters. The highest BCUT2D eigenvalue weighted by molar-refractivity contribution is 6.03. The van der Waals surface area contributed by atoms with Crippen molar-refractivity contribution in [2.45, 2.75) is 31.5 Å². The van der Waals surface area contributed by atoms with Gasteiger partial charge in [0.25, 0.3) is 0 Å². The first-order valence-electron chi connectivity index (χ1n) is 5.69. The Morgan fingerprint density at radius 2 is 2.00 bits per heavy atom. The molecule has 1 atom stereocenters. The Labute approximate surface area is 103 Å². The monoisotopic (exact) mass is 258 g/mol. The molecule has 1 aromatic rings. The summed E-state index contributed by atoms with van der Waals surface area (Å²) < 4.78 is 43.8. The number of carbonyl (C=O) groups excluding carboxylic acids is 1. The summed E-state index contributed by atoms with van der Waals surface area (Å²) >= 11 is 0. The van der Waals surface area contributed by atoms with Gasteiger partial charge in [0.15, 0.2) is 5.78 Å². The summed E-state index contributed by atoms with van der Waals surface area (Å²) in [6.07, 6.45) is -3.38. The summed E-state index contributed by atoms with van der Waals surface area (Å²) in [7, 11) is 0. The number of benzene rings is 1. The van der Waals surface area contributed by atoms with E-state index in [4.69, 9.17) is 4.74 Å². The molecule has 0 N–H and O–H groups in total. The van der Waals surface area contributed by atoms with Gasteiger partial charge in [-0.15, -0.1) is 0 Å². The number of Topliss-reactive ketones (excluding diaryl/α,β-unsaturated/α-hetero) is 1. The first kappa shape index (κ1) is 13.1. The minimum atomic E-state index is -4.53. The lowest BCUT2D eigenvalue weighted by atomic mass is 9.89. The van der Waals surface area contributed by atoms with Crippen LogP contribution in [0.15, 0.2) is 24.3 Å². The molecule has 0 radical (unpaired) electrons. The number of alkyl halides is 3. The molecule has 1 aliphatic heterocycles. The number of halogens is 3. The summed E-state index contributed by atoms with van der Waals surface area (Å²) in [5.41, 5.74) is -2.33. The third-order valence-electron chi connectivity index (χ3n) is 3.18. The van der Waals surface area contributed by atoms with E-state index >= 15 is 0 Å². The second-order valence-electron chi connectivity index (χ2n) is 4.56. The molecule has 1 saturated heterocycles. The van der Waals surface area contributed by atoms with Crippen LogP contribution in [-0.2, 0) is 10.9 Å². The predicted molar refractivity (Wildman–Crippen MR) is 59.4 cm³/mol. The van der Waals surface area contributed by atoms with E-state index in [-0.39, 0.29) is 5.56 Å². The van der Waals surface area contributed by atoms with E-state index in [0.717, 1.165) is 6.07 Å². The highest BCUT2D eigenvalue weighted by Crippen LogP contribution is 2.36. The first-order chi connectivity index (χ1) is 8.34. The Bertz CT molecular complexity index is 460. The van der Waals surface area contributed by atoms with E-state index in [1.807, 2.05) is 0 Å². The van der Waals surface area contributed by atoms with Crippen molar-refractivity contribution in [1.29, 1.82) is 0 Å². The zero-order valence-corrected chi connectivity index (χ0v) is 9.88. The zero-order valence-electron chi connectivity index (χ0n) is 9.88. The molecule has 5 heteroatoms. The molecule has 0 amide bonds. The van der Waals surface area contributed by atoms with Gasteiger partial charge in [-0.2, -0.15) is 13.2 Å². The normalized spacial score (nSPS) is 24.2. The maximum Gasteiger partial charge on any atom is 0.417 e. The second kappa shape index (κ2) is 4.39. The fourth-order valence-corrected chi connectivity index (χ4v) is 2.17. The van der Waals surface area contributed by atoms with Crippen molar-refractivity contribution in [3.8, 4) is 0 Å². The number of rotatable bonds is 2. The van der Waals surface area contributed by atoms with Crippen LogP contribution in [0.4, 0.5) is 13.2 Å². The van der Waals surface area contributed by atoms with Gasteiger partial charge in [0, 0.05) is 12.2 Å². The molecular weight excluding hydrogens is 245 g/mol. The second-order valence-corrected chi connectivity index (χ2v) is 4.56. The number of ketones is 1. The average Bonchev–Trinajstić information content (AvgIpc) is 2.75. The van der Waals surface area contributed by atoms with Crippen molar-refractivity contribution in [3.63, 3.8) is 0 Å². The van der Waals surface area contributed by atoms with Gasteiger partial charge in [0.05, 0.1) is 5.56 Å². The van der Waals surface area contributed by atoms with Crippen LogP contribution in [0.1, 0.15) is 35.7 Å². The summed E-state index contributed by atoms with van der Waals surface area (Å²) in [5, 5.41) is 0. The molecule has 0 aliphatic carbocycles. The summed E-state index contributed by atoms with van der Waals surface area (Å²) in [6.45, 7) is 1.96. The van der Waals surface area contributed by atoms with E-state index in [1.54, 1.807) is 6.92 Å². The zero-order chi connectivity index (χ0) is 13.4. The molecule has 1 aliphatic rings. The molecule has 98 valence electrons. The molecule has 1 aromatic carbocycles. The first-order valence-corrected chi connectivity index (χ1v) is 5.69. The summed E-state index contributed by atoms with van der Waals surface area (Å²) in [6, 6.07) is 4.84. The predicted octanol–water partition coefficient (Wildman–Crippen LogP) is 3.46. The summed E-state index contributed by atoms with van der Waals surface area (Å²) in [5.74, 6) is -0.590. The van der Waals surface area contributed by atoms with Gasteiger partial charge >= 0.3 is 6.18 Å². The quantitative estimate of drug-likeness (QED) is 0.759. The molecule has 0 bridgehead atoms. The lowest BCUT2D eigenvalue weighted by Gasteiger charge is -2.23. The molecule has 2 nitrogen and oxygen atoms in total. The van der Waals surface area contributed by atoms with Crippen LogP contribution >= 0.6 is 0 Å². The van der Waals surface area contributed by atoms with Crippen LogP contribution in [0.25, 0.3) is 0 Å². The number of carbonyl (C=O) groups is 1. The molecule has 0 saturated carbocycles. The Hall–Kier alpha value is -1.36. The van der Waals surface area contributed by atoms with Crippen LogP contribution in [0, 0.1) is 0 Å². The van der Waals surface area contributed by atoms with Crippen molar-refractivity contribution in [3.05, 3.63) is 35.4 Å². The molecule has 2 rings (SSSR count). The van der Waals surface area contributed by atoms with Gasteiger partial charge in [-0.25, -0.2) is 0 Å². The van der Waals surface area contributed by atoms with Gasteiger partial charge < -0.3 is 4.74 Å². The van der Waals surface area contributed by atoms with E-state index < -0.39 is 23.1 Å². The van der Waals surface area contributed by atoms with Crippen molar-refractivity contribution >= 4 is 5.78 Å². The fraction of sp³-hybridized carbons (Fsp3) is 0.462. The molecular formula is C13H13F3O2. The maximum atomic E-state index is 12.8. The van der Waals surface area contributed by atoms with Crippen molar-refractivity contribution in [1.82, 2.24) is 0 Å². The van der Waals surface area contributed by atoms with Crippen LogP contribution in [0.2, 0.25) is 0 Å². The third-order valence-corrected chi connectivity index (χ3v) is 3.18. The van der Waals surface area contributed by atoms with Gasteiger partial charge in [-0.3, -0.25) is 4.79 Å². The van der Waals surface area contributed by atoms with Gasteiger partial charge in [0.1, 0.15) is 5.60 Å². The Kier molecular flexibility index (Phi) is 3.19. The van der Waals surface area contributed by atoms with Crippen LogP contribution in [0.5, 0.6) is 0 Å². The number of hydrogen-bond donors (Lipinski definition) is 0. The number of hydrogen-bond acceptors (Lipinski definition) is 2. The smallest absolute Gasteiger partial charge is 0.367 e. The van der Waals surface area contributed by atoms with E-state index in [2.05, 4.69) is 0 Å². The molecule has 1 fully saturated rings. The van der Waals surface area contributed by atoms with Crippen molar-refractivity contribution in [2.24, 2.45) is 0 Å². The van der Waals surface area contributed by atoms with Gasteiger partial charge in [-0.05, 0) is 25.8 Å². The van der Waals surface area contributed by atoms with Gasteiger partial charge in [0.2, 0.25) is 0 Å². The molecule has 0 aromatic heterocycles. The Morgan fingerprint density at radius 1 is 1.33 bits per heavy atom. The third kappa shape index (κ3) is 2.27. The van der Waals surface area contributed by atoms with E-state index in [0.29, 0.717) is 19.4 Å². The highest BCUT2D eigenvalue weighted by Gasteiger charge is 2.42. The fourth-order valence-electron chi connectivity index (χ4n) is 2.17. The molecule has 18 heavy (non-hydrogen) atoms. The van der Waals surface area contributed by atoms with E-state index in [1.165, 1.54) is 18.2 Å². The Morgan fingerprint density at radius 3 is 2.56 bits per heavy atom. The maximum absolute atomic E-state index is 12.8.